The summed E-state index contributed by atoms with van der Waals surface area (Å²) >= 11 is 0. The van der Waals surface area contributed by atoms with Crippen molar-refractivity contribution in [2.24, 2.45) is 0 Å². The molecule has 112 valence electrons. The van der Waals surface area contributed by atoms with Crippen molar-refractivity contribution in [3.05, 3.63) is 36.0 Å². The number of nitrogens with zero attached hydrogens (tertiary/aromatic N) is 1. The zero-order valence-corrected chi connectivity index (χ0v) is 13.0. The third-order valence-corrected chi connectivity index (χ3v) is 3.34. The van der Waals surface area contributed by atoms with Crippen LogP contribution in [0.5, 0.6) is 17.2 Å². The molecule has 0 spiro atoms. The first-order chi connectivity index (χ1) is 10.3. The largest absolute Gasteiger partial charge is 0.492 e. The second kappa shape index (κ2) is 6.97. The molecule has 0 bridgehead atoms. The highest BCUT2D eigenvalue weighted by atomic mass is 16.5. The molecule has 0 aliphatic heterocycles. The number of benzene rings is 1. The Morgan fingerprint density at radius 2 is 1.67 bits per heavy atom. The van der Waals surface area contributed by atoms with Gasteiger partial charge in [-0.2, -0.15) is 0 Å². The number of hydrogen-bond donors (Lipinski definition) is 0. The molecule has 0 saturated carbocycles. The molecule has 0 aliphatic rings. The zero-order chi connectivity index (χ0) is 15.2. The summed E-state index contributed by atoms with van der Waals surface area (Å²) in [4.78, 5) is 4.41. The van der Waals surface area contributed by atoms with Gasteiger partial charge in [0.05, 0.1) is 27.0 Å². The molecular weight excluding hydrogens is 266 g/mol. The van der Waals surface area contributed by atoms with Crippen molar-refractivity contribution >= 4 is 0 Å². The van der Waals surface area contributed by atoms with Crippen molar-refractivity contribution in [2.45, 2.75) is 19.8 Å². The Morgan fingerprint density at radius 1 is 0.952 bits per heavy atom. The second-order valence-electron chi connectivity index (χ2n) is 4.65. The summed E-state index contributed by atoms with van der Waals surface area (Å²) in [6.45, 7) is 2.14. The van der Waals surface area contributed by atoms with Gasteiger partial charge in [-0.3, -0.25) is 4.98 Å². The first kappa shape index (κ1) is 15.2. The fraction of sp³-hybridized carbons (Fsp3) is 0.353. The smallest absolute Gasteiger partial charge is 0.204 e. The third kappa shape index (κ3) is 2.94. The lowest BCUT2D eigenvalue weighted by atomic mass is 10.0. The summed E-state index contributed by atoms with van der Waals surface area (Å²) in [5.74, 6) is 2.00. The van der Waals surface area contributed by atoms with Gasteiger partial charge < -0.3 is 14.2 Å². The Kier molecular flexibility index (Phi) is 5.04. The van der Waals surface area contributed by atoms with Crippen molar-refractivity contribution in [2.75, 3.05) is 21.3 Å². The molecule has 0 fully saturated rings. The van der Waals surface area contributed by atoms with Crippen LogP contribution in [0.15, 0.2) is 30.5 Å². The number of hydrogen-bond acceptors (Lipinski definition) is 4. The van der Waals surface area contributed by atoms with Crippen LogP contribution in [0.25, 0.3) is 11.3 Å². The number of ether oxygens (including phenoxy) is 3. The molecule has 2 rings (SSSR count). The summed E-state index contributed by atoms with van der Waals surface area (Å²) in [6, 6.07) is 7.88. The second-order valence-corrected chi connectivity index (χ2v) is 4.65. The normalized spacial score (nSPS) is 10.3. The molecular formula is C17H21NO3. The van der Waals surface area contributed by atoms with Gasteiger partial charge in [0.2, 0.25) is 5.75 Å². The molecule has 0 unspecified atom stereocenters. The molecule has 2 aromatic rings. The molecule has 0 aliphatic carbocycles. The highest BCUT2D eigenvalue weighted by molar-refractivity contribution is 5.76. The Morgan fingerprint density at radius 3 is 2.19 bits per heavy atom. The van der Waals surface area contributed by atoms with E-state index in [0.29, 0.717) is 11.5 Å². The van der Waals surface area contributed by atoms with Gasteiger partial charge in [-0.25, -0.2) is 0 Å². The SMILES string of the molecule is CCCc1cc(-c2ccccn2)c(OC)c(OC)c1OC. The Hall–Kier alpha value is -2.23. The minimum absolute atomic E-state index is 0.617. The number of rotatable bonds is 6. The molecule has 0 amide bonds. The Balaban J connectivity index is 2.72. The van der Waals surface area contributed by atoms with E-state index in [-0.39, 0.29) is 0 Å². The maximum absolute atomic E-state index is 5.55. The van der Waals surface area contributed by atoms with Crippen molar-refractivity contribution in [3.8, 4) is 28.5 Å². The first-order valence-corrected chi connectivity index (χ1v) is 7.00. The monoisotopic (exact) mass is 287 g/mol. The lowest BCUT2D eigenvalue weighted by Crippen LogP contribution is -2.01. The third-order valence-electron chi connectivity index (χ3n) is 3.34. The van der Waals surface area contributed by atoms with Crippen LogP contribution in [0.2, 0.25) is 0 Å². The Labute approximate surface area is 125 Å². The van der Waals surface area contributed by atoms with Crippen LogP contribution < -0.4 is 14.2 Å². The lowest BCUT2D eigenvalue weighted by molar-refractivity contribution is 0.323. The molecule has 1 heterocycles. The van der Waals surface area contributed by atoms with Crippen LogP contribution in [-0.4, -0.2) is 26.3 Å². The predicted molar refractivity (Wildman–Crippen MR) is 83.3 cm³/mol. The minimum atomic E-state index is 0.617. The van der Waals surface area contributed by atoms with E-state index in [9.17, 15) is 0 Å². The quantitative estimate of drug-likeness (QED) is 0.811. The van der Waals surface area contributed by atoms with E-state index in [2.05, 4.69) is 18.0 Å². The van der Waals surface area contributed by atoms with Gasteiger partial charge in [-0.15, -0.1) is 0 Å². The zero-order valence-electron chi connectivity index (χ0n) is 13.0. The molecule has 4 nitrogen and oxygen atoms in total. The standard InChI is InChI=1S/C17H21NO3/c1-5-8-12-11-13(14-9-6-7-10-18-14)16(20-3)17(21-4)15(12)19-2/h6-7,9-11H,5,8H2,1-4H3. The molecule has 1 aromatic heterocycles. The lowest BCUT2D eigenvalue weighted by Gasteiger charge is -2.19. The molecule has 21 heavy (non-hydrogen) atoms. The summed E-state index contributed by atoms with van der Waals surface area (Å²) in [5.41, 5.74) is 2.87. The molecule has 4 heteroatoms. The van der Waals surface area contributed by atoms with Crippen LogP contribution in [-0.2, 0) is 6.42 Å². The average Bonchev–Trinajstić information content (AvgIpc) is 2.54. The van der Waals surface area contributed by atoms with Crippen LogP contribution in [0.1, 0.15) is 18.9 Å². The fourth-order valence-corrected chi connectivity index (χ4v) is 2.46. The van der Waals surface area contributed by atoms with E-state index in [1.54, 1.807) is 27.5 Å². The topological polar surface area (TPSA) is 40.6 Å². The van der Waals surface area contributed by atoms with E-state index in [1.807, 2.05) is 18.2 Å². The van der Waals surface area contributed by atoms with Gasteiger partial charge in [0.25, 0.3) is 0 Å². The molecule has 0 N–H and O–H groups in total. The van der Waals surface area contributed by atoms with Crippen molar-refractivity contribution in [1.29, 1.82) is 0 Å². The van der Waals surface area contributed by atoms with Crippen molar-refractivity contribution in [1.82, 2.24) is 4.98 Å². The molecule has 1 aromatic carbocycles. The molecule has 0 saturated heterocycles. The van der Waals surface area contributed by atoms with E-state index in [0.717, 1.165) is 35.4 Å². The highest BCUT2D eigenvalue weighted by Crippen LogP contribution is 2.46. The van der Waals surface area contributed by atoms with E-state index >= 15 is 0 Å². The van der Waals surface area contributed by atoms with Gasteiger partial charge in [0, 0.05) is 11.8 Å². The molecule has 0 radical (unpaired) electrons. The maximum Gasteiger partial charge on any atom is 0.204 e. The summed E-state index contributed by atoms with van der Waals surface area (Å²) in [7, 11) is 4.90. The van der Waals surface area contributed by atoms with Crippen LogP contribution in [0.4, 0.5) is 0 Å². The summed E-state index contributed by atoms with van der Waals surface area (Å²) in [6.07, 6.45) is 3.70. The van der Waals surface area contributed by atoms with Gasteiger partial charge in [0.15, 0.2) is 11.5 Å². The highest BCUT2D eigenvalue weighted by Gasteiger charge is 2.21. The molecule has 0 atom stereocenters. The first-order valence-electron chi connectivity index (χ1n) is 7.00. The van der Waals surface area contributed by atoms with E-state index in [4.69, 9.17) is 14.2 Å². The van der Waals surface area contributed by atoms with E-state index < -0.39 is 0 Å². The predicted octanol–water partition coefficient (Wildman–Crippen LogP) is 3.73. The van der Waals surface area contributed by atoms with Crippen LogP contribution in [0.3, 0.4) is 0 Å². The van der Waals surface area contributed by atoms with Crippen molar-refractivity contribution in [3.63, 3.8) is 0 Å². The Bertz CT molecular complexity index is 597. The van der Waals surface area contributed by atoms with E-state index in [1.165, 1.54) is 0 Å². The number of aromatic nitrogens is 1. The van der Waals surface area contributed by atoms with Gasteiger partial charge in [0.1, 0.15) is 0 Å². The minimum Gasteiger partial charge on any atom is -0.492 e. The van der Waals surface area contributed by atoms with Crippen LogP contribution >= 0.6 is 0 Å². The number of methoxy groups -OCH3 is 3. The van der Waals surface area contributed by atoms with Crippen LogP contribution in [0, 0.1) is 0 Å². The number of pyridine rings is 1. The van der Waals surface area contributed by atoms with Gasteiger partial charge >= 0.3 is 0 Å². The van der Waals surface area contributed by atoms with Gasteiger partial charge in [-0.05, 0) is 30.2 Å². The van der Waals surface area contributed by atoms with Crippen molar-refractivity contribution < 1.29 is 14.2 Å². The van der Waals surface area contributed by atoms with Gasteiger partial charge in [-0.1, -0.05) is 19.4 Å². The fourth-order valence-electron chi connectivity index (χ4n) is 2.46. The number of aryl methyl sites for hydroxylation is 1. The average molecular weight is 287 g/mol. The maximum atomic E-state index is 5.55. The summed E-state index contributed by atoms with van der Waals surface area (Å²) < 4.78 is 16.6. The summed E-state index contributed by atoms with van der Waals surface area (Å²) in [5, 5.41) is 0.